The van der Waals surface area contributed by atoms with Gasteiger partial charge in [0, 0.05) is 16.7 Å². The van der Waals surface area contributed by atoms with Crippen molar-refractivity contribution in [1.82, 2.24) is 0 Å². The molecular formula is C27H44O7. The van der Waals surface area contributed by atoms with Crippen LogP contribution < -0.4 is 0 Å². The zero-order valence-electron chi connectivity index (χ0n) is 21.3. The van der Waals surface area contributed by atoms with Gasteiger partial charge < -0.3 is 30.6 Å². The molecule has 6 N–H and O–H groups in total. The molecular weight excluding hydrogens is 436 g/mol. The number of carbonyl (C=O) groups is 1. The fourth-order valence-corrected chi connectivity index (χ4v) is 8.72. The van der Waals surface area contributed by atoms with Gasteiger partial charge in [0.1, 0.15) is 0 Å². The molecule has 34 heavy (non-hydrogen) atoms. The minimum Gasteiger partial charge on any atom is -0.393 e. The lowest BCUT2D eigenvalue weighted by molar-refractivity contribution is -0.195. The van der Waals surface area contributed by atoms with Crippen LogP contribution >= 0.6 is 0 Å². The fraction of sp³-hybridized carbons (Fsp3) is 0.889. The van der Waals surface area contributed by atoms with Crippen LogP contribution in [0.5, 0.6) is 0 Å². The topological polar surface area (TPSA) is 138 Å². The number of aliphatic hydroxyl groups excluding tert-OH is 4. The third kappa shape index (κ3) is 3.41. The van der Waals surface area contributed by atoms with E-state index in [-0.39, 0.29) is 18.1 Å². The van der Waals surface area contributed by atoms with Crippen LogP contribution in [0.15, 0.2) is 11.6 Å². The minimum atomic E-state index is -1.37. The number of fused-ring (bicyclic) bond motifs is 5. The Morgan fingerprint density at radius 1 is 1.09 bits per heavy atom. The highest BCUT2D eigenvalue weighted by molar-refractivity contribution is 5.95. The summed E-state index contributed by atoms with van der Waals surface area (Å²) in [7, 11) is 0. The van der Waals surface area contributed by atoms with Crippen LogP contribution in [0.1, 0.15) is 86.0 Å². The maximum atomic E-state index is 13.3. The highest BCUT2D eigenvalue weighted by Crippen LogP contribution is 2.72. The third-order valence-corrected chi connectivity index (χ3v) is 10.8. The Balaban J connectivity index is 1.76. The molecule has 0 saturated heterocycles. The normalized spacial score (nSPS) is 48.4. The Labute approximate surface area is 202 Å². The first kappa shape index (κ1) is 26.2. The summed E-state index contributed by atoms with van der Waals surface area (Å²) in [5.74, 6) is -0.629. The lowest BCUT2D eigenvalue weighted by Crippen LogP contribution is -2.65. The summed E-state index contributed by atoms with van der Waals surface area (Å²) in [6.07, 6.45) is 1.08. The predicted molar refractivity (Wildman–Crippen MR) is 127 cm³/mol. The molecule has 3 fully saturated rings. The van der Waals surface area contributed by atoms with Crippen molar-refractivity contribution in [1.29, 1.82) is 0 Å². The van der Waals surface area contributed by atoms with Crippen LogP contribution in [0.3, 0.4) is 0 Å². The number of hydrogen-bond acceptors (Lipinski definition) is 7. The van der Waals surface area contributed by atoms with Crippen molar-refractivity contribution < 1.29 is 35.4 Å². The van der Waals surface area contributed by atoms with Crippen LogP contribution in [0.2, 0.25) is 0 Å². The molecule has 0 aromatic rings. The molecule has 0 amide bonds. The van der Waals surface area contributed by atoms with E-state index in [9.17, 15) is 35.4 Å². The minimum absolute atomic E-state index is 0.116. The molecule has 4 aliphatic carbocycles. The molecule has 10 atom stereocenters. The Morgan fingerprint density at radius 3 is 2.32 bits per heavy atom. The van der Waals surface area contributed by atoms with Crippen LogP contribution in [0.25, 0.3) is 0 Å². The van der Waals surface area contributed by atoms with Crippen molar-refractivity contribution in [3.63, 3.8) is 0 Å². The average Bonchev–Trinajstić information content (AvgIpc) is 2.97. The molecule has 0 aliphatic heterocycles. The first-order chi connectivity index (χ1) is 15.5. The molecule has 0 radical (unpaired) electrons. The van der Waals surface area contributed by atoms with Gasteiger partial charge in [0.25, 0.3) is 0 Å². The second-order valence-electron chi connectivity index (χ2n) is 13.0. The molecule has 194 valence electrons. The molecule has 0 heterocycles. The molecule has 0 unspecified atom stereocenters. The van der Waals surface area contributed by atoms with Gasteiger partial charge in [0.05, 0.1) is 35.6 Å². The van der Waals surface area contributed by atoms with Gasteiger partial charge in [0.15, 0.2) is 5.78 Å². The van der Waals surface area contributed by atoms with E-state index in [1.807, 2.05) is 13.8 Å². The van der Waals surface area contributed by atoms with Crippen molar-refractivity contribution >= 4 is 5.78 Å². The van der Waals surface area contributed by atoms with Crippen LogP contribution in [0, 0.1) is 28.1 Å². The summed E-state index contributed by atoms with van der Waals surface area (Å²) in [6.45, 7) is 9.00. The number of ketones is 1. The van der Waals surface area contributed by atoms with E-state index < -0.39 is 57.8 Å². The number of rotatable bonds is 5. The summed E-state index contributed by atoms with van der Waals surface area (Å²) in [6, 6.07) is 0. The summed E-state index contributed by atoms with van der Waals surface area (Å²) in [4.78, 5) is 13.3. The van der Waals surface area contributed by atoms with E-state index in [0.29, 0.717) is 50.5 Å². The standard InChI is InChI=1S/C27H44O7/c1-15(28)26(22(32)7-8-23(2,3)33)10-11-27(34)17-12-19(29)18-13-20(30)21(31)14-24(18,4)16(17)6-9-25(26,27)5/h12,15-16,18,20-22,28,30-34H,6-11,13-14H2,1-5H3/t15-,16-,18-,20+,21-,22+,24+,25+,26-,27+/m0/s1. The van der Waals surface area contributed by atoms with Gasteiger partial charge in [0.2, 0.25) is 0 Å². The van der Waals surface area contributed by atoms with E-state index in [1.165, 1.54) is 0 Å². The predicted octanol–water partition coefficient (Wildman–Crippen LogP) is 1.85. The van der Waals surface area contributed by atoms with Gasteiger partial charge >= 0.3 is 0 Å². The molecule has 7 heteroatoms. The van der Waals surface area contributed by atoms with Gasteiger partial charge in [-0.2, -0.15) is 0 Å². The first-order valence-electron chi connectivity index (χ1n) is 13.0. The Hall–Kier alpha value is -0.830. The Kier molecular flexibility index (Phi) is 6.24. The molecule has 3 saturated carbocycles. The maximum Gasteiger partial charge on any atom is 0.159 e. The lowest BCUT2D eigenvalue weighted by atomic mass is 9.43. The van der Waals surface area contributed by atoms with Crippen molar-refractivity contribution in [2.75, 3.05) is 0 Å². The summed E-state index contributed by atoms with van der Waals surface area (Å²) >= 11 is 0. The van der Waals surface area contributed by atoms with Crippen molar-refractivity contribution in [2.45, 2.75) is 122 Å². The number of hydrogen-bond donors (Lipinski definition) is 6. The van der Waals surface area contributed by atoms with Gasteiger partial charge in [-0.3, -0.25) is 4.79 Å². The third-order valence-electron chi connectivity index (χ3n) is 10.8. The van der Waals surface area contributed by atoms with E-state index in [1.54, 1.807) is 26.8 Å². The monoisotopic (exact) mass is 480 g/mol. The van der Waals surface area contributed by atoms with E-state index in [0.717, 1.165) is 0 Å². The largest absolute Gasteiger partial charge is 0.393 e. The fourth-order valence-electron chi connectivity index (χ4n) is 8.72. The quantitative estimate of drug-likeness (QED) is 0.353. The van der Waals surface area contributed by atoms with E-state index in [2.05, 4.69) is 0 Å². The number of aliphatic hydroxyl groups is 6. The lowest BCUT2D eigenvalue weighted by Gasteiger charge is -2.62. The highest BCUT2D eigenvalue weighted by atomic mass is 16.3. The zero-order valence-corrected chi connectivity index (χ0v) is 21.3. The van der Waals surface area contributed by atoms with Crippen LogP contribution in [-0.2, 0) is 4.79 Å². The zero-order chi connectivity index (χ0) is 25.5. The van der Waals surface area contributed by atoms with Crippen LogP contribution in [0.4, 0.5) is 0 Å². The second kappa shape index (κ2) is 8.09. The highest BCUT2D eigenvalue weighted by Gasteiger charge is 2.73. The summed E-state index contributed by atoms with van der Waals surface area (Å²) in [5, 5.41) is 65.9. The summed E-state index contributed by atoms with van der Waals surface area (Å²) < 4.78 is 0. The van der Waals surface area contributed by atoms with Crippen LogP contribution in [-0.4, -0.2) is 72.0 Å². The SMILES string of the molecule is C[C@H](O)[C@]1([C@H](O)CCC(C)(C)O)CC[C@@]2(O)C3=CC(=O)[C@@H]4C[C@@H](O)[C@@H](O)C[C@]4(C)[C@H]3CC[C@]12C. The first-order valence-corrected chi connectivity index (χ1v) is 13.0. The second-order valence-corrected chi connectivity index (χ2v) is 13.0. The summed E-state index contributed by atoms with van der Waals surface area (Å²) in [5.41, 5.74) is -4.07. The van der Waals surface area contributed by atoms with Gasteiger partial charge in [-0.05, 0) is 95.1 Å². The van der Waals surface area contributed by atoms with E-state index in [4.69, 9.17) is 0 Å². The number of carbonyl (C=O) groups excluding carboxylic acids is 1. The van der Waals surface area contributed by atoms with Crippen molar-refractivity contribution in [3.8, 4) is 0 Å². The Morgan fingerprint density at radius 2 is 1.74 bits per heavy atom. The van der Waals surface area contributed by atoms with Crippen molar-refractivity contribution in [2.24, 2.45) is 28.1 Å². The van der Waals surface area contributed by atoms with Gasteiger partial charge in [-0.1, -0.05) is 13.8 Å². The van der Waals surface area contributed by atoms with Gasteiger partial charge in [-0.25, -0.2) is 0 Å². The molecule has 7 nitrogen and oxygen atoms in total. The van der Waals surface area contributed by atoms with E-state index >= 15 is 0 Å². The number of allylic oxidation sites excluding steroid dienone is 1. The molecule has 0 bridgehead atoms. The molecule has 4 aliphatic rings. The molecule has 0 spiro atoms. The Bertz CT molecular complexity index is 862. The maximum absolute atomic E-state index is 13.3. The molecule has 4 rings (SSSR count). The molecule has 0 aromatic heterocycles. The smallest absolute Gasteiger partial charge is 0.159 e. The average molecular weight is 481 g/mol. The molecule has 0 aromatic carbocycles. The van der Waals surface area contributed by atoms with Gasteiger partial charge in [-0.15, -0.1) is 0 Å². The van der Waals surface area contributed by atoms with Crippen molar-refractivity contribution in [3.05, 3.63) is 11.6 Å².